The second-order valence-corrected chi connectivity index (χ2v) is 7.10. The van der Waals surface area contributed by atoms with Crippen LogP contribution in [0.4, 0.5) is 10.1 Å². The molecule has 0 aliphatic heterocycles. The molecule has 2 heterocycles. The topological polar surface area (TPSA) is 79.8 Å². The van der Waals surface area contributed by atoms with Crippen molar-refractivity contribution in [3.05, 3.63) is 72.9 Å². The highest BCUT2D eigenvalue weighted by molar-refractivity contribution is 7.92. The average molecular weight is 356 g/mol. The molecule has 4 rings (SSSR count). The molecule has 0 amide bonds. The van der Waals surface area contributed by atoms with Crippen LogP contribution in [0.3, 0.4) is 0 Å². The van der Waals surface area contributed by atoms with Gasteiger partial charge in [0.15, 0.2) is 0 Å². The number of aromatic amines is 1. The molecule has 2 aromatic heterocycles. The van der Waals surface area contributed by atoms with Gasteiger partial charge in [0, 0.05) is 24.0 Å². The summed E-state index contributed by atoms with van der Waals surface area (Å²) in [6.07, 6.45) is 4.82. The molecule has 0 aliphatic rings. The number of rotatable bonds is 4. The number of hydrogen-bond donors (Lipinski definition) is 2. The summed E-state index contributed by atoms with van der Waals surface area (Å²) >= 11 is 0. The van der Waals surface area contributed by atoms with E-state index in [2.05, 4.69) is 14.8 Å². The number of H-pyrrole nitrogens is 1. The Kier molecular flexibility index (Phi) is 3.54. The van der Waals surface area contributed by atoms with E-state index in [9.17, 15) is 12.8 Å². The molecule has 0 bridgehead atoms. The van der Waals surface area contributed by atoms with E-state index in [4.69, 9.17) is 0 Å². The van der Waals surface area contributed by atoms with Crippen LogP contribution in [0.2, 0.25) is 0 Å². The van der Waals surface area contributed by atoms with Gasteiger partial charge in [0.25, 0.3) is 10.0 Å². The maximum atomic E-state index is 14.3. The lowest BCUT2D eigenvalue weighted by atomic mass is 10.2. The fraction of sp³-hybridized carbons (Fsp3) is 0. The van der Waals surface area contributed by atoms with E-state index >= 15 is 0 Å². The Bertz CT molecular complexity index is 1150. The zero-order valence-electron chi connectivity index (χ0n) is 12.8. The van der Waals surface area contributed by atoms with E-state index in [0.29, 0.717) is 11.2 Å². The Morgan fingerprint density at radius 2 is 2.00 bits per heavy atom. The van der Waals surface area contributed by atoms with Crippen molar-refractivity contribution in [1.82, 2.24) is 14.8 Å². The molecular weight excluding hydrogens is 343 g/mol. The number of aromatic nitrogens is 3. The first-order chi connectivity index (χ1) is 12.0. The third kappa shape index (κ3) is 2.76. The van der Waals surface area contributed by atoms with Gasteiger partial charge in [-0.25, -0.2) is 17.5 Å². The number of anilines is 1. The van der Waals surface area contributed by atoms with Crippen LogP contribution in [-0.4, -0.2) is 23.2 Å². The lowest BCUT2D eigenvalue weighted by molar-refractivity contribution is 0.591. The molecule has 0 fully saturated rings. The van der Waals surface area contributed by atoms with Gasteiger partial charge in [0.2, 0.25) is 0 Å². The molecule has 2 N–H and O–H groups in total. The zero-order valence-corrected chi connectivity index (χ0v) is 13.7. The van der Waals surface area contributed by atoms with Crippen LogP contribution < -0.4 is 4.72 Å². The van der Waals surface area contributed by atoms with Gasteiger partial charge in [-0.3, -0.25) is 4.72 Å². The predicted molar refractivity (Wildman–Crippen MR) is 92.6 cm³/mol. The number of benzene rings is 2. The smallest absolute Gasteiger partial charge is 0.262 e. The van der Waals surface area contributed by atoms with E-state index in [0.717, 1.165) is 11.5 Å². The van der Waals surface area contributed by atoms with E-state index < -0.39 is 15.8 Å². The summed E-state index contributed by atoms with van der Waals surface area (Å²) in [6.45, 7) is 0. The number of nitrogens with zero attached hydrogens (tertiary/aromatic N) is 2. The lowest BCUT2D eigenvalue weighted by Gasteiger charge is -2.10. The normalized spacial score (nSPS) is 11.7. The molecule has 0 saturated carbocycles. The summed E-state index contributed by atoms with van der Waals surface area (Å²) in [5.74, 6) is -0.676. The van der Waals surface area contributed by atoms with Crippen molar-refractivity contribution >= 4 is 26.6 Å². The zero-order chi connectivity index (χ0) is 17.4. The maximum Gasteiger partial charge on any atom is 0.262 e. The Hall–Kier alpha value is -3.13. The number of para-hydroxylation sites is 1. The van der Waals surface area contributed by atoms with Crippen LogP contribution >= 0.6 is 0 Å². The molecule has 0 saturated heterocycles. The monoisotopic (exact) mass is 356 g/mol. The van der Waals surface area contributed by atoms with Crippen molar-refractivity contribution in [2.75, 3.05) is 4.72 Å². The average Bonchev–Trinajstić information content (AvgIpc) is 3.26. The molecular formula is C17H13FN4O2S. The van der Waals surface area contributed by atoms with E-state index in [-0.39, 0.29) is 10.6 Å². The number of hydrogen-bond acceptors (Lipinski definition) is 3. The molecule has 0 unspecified atom stereocenters. The first kappa shape index (κ1) is 15.4. The number of sulfonamides is 1. The summed E-state index contributed by atoms with van der Waals surface area (Å²) in [4.78, 5) is 2.83. The minimum Gasteiger partial charge on any atom is -0.359 e. The Balaban J connectivity index is 1.71. The highest BCUT2D eigenvalue weighted by atomic mass is 32.2. The fourth-order valence-electron chi connectivity index (χ4n) is 2.63. The summed E-state index contributed by atoms with van der Waals surface area (Å²) < 4.78 is 43.4. The third-order valence-corrected chi connectivity index (χ3v) is 5.18. The highest BCUT2D eigenvalue weighted by Gasteiger charge is 2.18. The molecule has 0 radical (unpaired) electrons. The quantitative estimate of drug-likeness (QED) is 0.589. The van der Waals surface area contributed by atoms with Gasteiger partial charge in [0.1, 0.15) is 11.5 Å². The second-order valence-electron chi connectivity index (χ2n) is 5.42. The van der Waals surface area contributed by atoms with Crippen molar-refractivity contribution in [2.24, 2.45) is 0 Å². The molecule has 0 spiro atoms. The van der Waals surface area contributed by atoms with Gasteiger partial charge < -0.3 is 4.98 Å². The summed E-state index contributed by atoms with van der Waals surface area (Å²) in [6, 6.07) is 12.5. The SMILES string of the molecule is O=S(=O)(Nc1cccc2cc[nH]c12)c1ccc(-n2cccn2)c(F)c1. The van der Waals surface area contributed by atoms with Crippen molar-refractivity contribution in [3.8, 4) is 5.69 Å². The first-order valence-corrected chi connectivity index (χ1v) is 8.91. The van der Waals surface area contributed by atoms with Crippen molar-refractivity contribution < 1.29 is 12.8 Å². The molecule has 0 atom stereocenters. The summed E-state index contributed by atoms with van der Waals surface area (Å²) in [5.41, 5.74) is 1.24. The Labute approximate surface area is 143 Å². The standard InChI is InChI=1S/C17H13FN4O2S/c18-14-11-13(5-6-16(14)22-10-2-8-20-22)25(23,24)21-15-4-1-3-12-7-9-19-17(12)15/h1-11,19,21H. The predicted octanol–water partition coefficient (Wildman–Crippen LogP) is 3.29. The van der Waals surface area contributed by atoms with Gasteiger partial charge in [-0.15, -0.1) is 0 Å². The minimum atomic E-state index is -3.93. The van der Waals surface area contributed by atoms with Crippen molar-refractivity contribution in [1.29, 1.82) is 0 Å². The lowest BCUT2D eigenvalue weighted by Crippen LogP contribution is -2.14. The van der Waals surface area contributed by atoms with Gasteiger partial charge in [0.05, 0.1) is 16.1 Å². The number of fused-ring (bicyclic) bond motifs is 1. The molecule has 126 valence electrons. The molecule has 6 nitrogen and oxygen atoms in total. The molecule has 0 aliphatic carbocycles. The van der Waals surface area contributed by atoms with Gasteiger partial charge in [-0.05, 0) is 36.4 Å². The van der Waals surface area contributed by atoms with E-state index in [1.165, 1.54) is 23.0 Å². The second kappa shape index (κ2) is 5.75. The Morgan fingerprint density at radius 1 is 1.12 bits per heavy atom. The number of halogens is 1. The molecule has 4 aromatic rings. The molecule has 2 aromatic carbocycles. The largest absolute Gasteiger partial charge is 0.359 e. The van der Waals surface area contributed by atoms with E-state index in [1.807, 2.05) is 12.1 Å². The minimum absolute atomic E-state index is 0.163. The van der Waals surface area contributed by atoms with Gasteiger partial charge in [-0.1, -0.05) is 12.1 Å². The van der Waals surface area contributed by atoms with Gasteiger partial charge in [-0.2, -0.15) is 5.10 Å². The van der Waals surface area contributed by atoms with Gasteiger partial charge >= 0.3 is 0 Å². The summed E-state index contributed by atoms with van der Waals surface area (Å²) in [7, 11) is -3.93. The maximum absolute atomic E-state index is 14.3. The third-order valence-electron chi connectivity index (χ3n) is 3.81. The Morgan fingerprint density at radius 3 is 2.76 bits per heavy atom. The molecule has 25 heavy (non-hydrogen) atoms. The van der Waals surface area contributed by atoms with Crippen LogP contribution in [-0.2, 0) is 10.0 Å². The van der Waals surface area contributed by atoms with Crippen molar-refractivity contribution in [2.45, 2.75) is 4.90 Å². The van der Waals surface area contributed by atoms with Crippen molar-refractivity contribution in [3.63, 3.8) is 0 Å². The first-order valence-electron chi connectivity index (χ1n) is 7.43. The number of nitrogens with one attached hydrogen (secondary N) is 2. The van der Waals surface area contributed by atoms with Crippen LogP contribution in [0.1, 0.15) is 0 Å². The van der Waals surface area contributed by atoms with Crippen LogP contribution in [0.15, 0.2) is 72.0 Å². The van der Waals surface area contributed by atoms with Crippen LogP contribution in [0, 0.1) is 5.82 Å². The highest BCUT2D eigenvalue weighted by Crippen LogP contribution is 2.25. The molecule has 8 heteroatoms. The summed E-state index contributed by atoms with van der Waals surface area (Å²) in [5, 5.41) is 4.82. The fourth-order valence-corrected chi connectivity index (χ4v) is 3.71. The van der Waals surface area contributed by atoms with Crippen LogP contribution in [0.25, 0.3) is 16.6 Å². The van der Waals surface area contributed by atoms with Crippen LogP contribution in [0.5, 0.6) is 0 Å². The van der Waals surface area contributed by atoms with E-state index in [1.54, 1.807) is 30.6 Å².